The topological polar surface area (TPSA) is 26.0 Å². The fraction of sp³-hybridized carbons (Fsp3) is 0.250. The Balaban J connectivity index is 1.87. The van der Waals surface area contributed by atoms with Gasteiger partial charge in [-0.3, -0.25) is 0 Å². The van der Waals surface area contributed by atoms with Gasteiger partial charge in [0.15, 0.2) is 0 Å². The summed E-state index contributed by atoms with van der Waals surface area (Å²) < 4.78 is 13.3. The fourth-order valence-corrected chi connectivity index (χ4v) is 3.11. The smallest absolute Gasteiger partial charge is 0.123 e. The van der Waals surface area contributed by atoms with E-state index >= 15 is 0 Å². The van der Waals surface area contributed by atoms with Crippen LogP contribution in [0.15, 0.2) is 42.5 Å². The summed E-state index contributed by atoms with van der Waals surface area (Å²) in [4.78, 5) is 0. The van der Waals surface area contributed by atoms with Crippen LogP contribution in [0.4, 0.5) is 4.39 Å². The zero-order chi connectivity index (χ0) is 13.4. The van der Waals surface area contributed by atoms with Gasteiger partial charge in [0, 0.05) is 11.1 Å². The monoisotopic (exact) mass is 275 g/mol. The second kappa shape index (κ2) is 4.95. The molecule has 3 heteroatoms. The molecule has 0 fully saturated rings. The highest BCUT2D eigenvalue weighted by Crippen LogP contribution is 2.36. The molecule has 1 nitrogen and oxygen atoms in total. The van der Waals surface area contributed by atoms with Crippen LogP contribution < -0.4 is 5.73 Å². The quantitative estimate of drug-likeness (QED) is 0.884. The number of fused-ring (bicyclic) bond motifs is 1. The maximum absolute atomic E-state index is 13.3. The van der Waals surface area contributed by atoms with Gasteiger partial charge in [-0.15, -0.1) is 0 Å². The minimum atomic E-state index is -0.287. The van der Waals surface area contributed by atoms with Gasteiger partial charge in [0.05, 0.1) is 0 Å². The van der Waals surface area contributed by atoms with Crippen molar-refractivity contribution in [2.45, 2.75) is 18.9 Å². The van der Waals surface area contributed by atoms with Crippen molar-refractivity contribution in [3.05, 3.63) is 70.0 Å². The molecule has 0 saturated heterocycles. The molecular formula is C16H15ClFN. The Kier molecular flexibility index (Phi) is 3.29. The minimum absolute atomic E-state index is 0.226. The standard InChI is InChI=1S/C16H15ClFN/c17-15-6-5-13(18)9-14(15)16(19)12-7-10-3-1-2-4-11(10)8-12/h1-6,9,12,16H,7-8,19H2. The Morgan fingerprint density at radius 3 is 2.37 bits per heavy atom. The third-order valence-electron chi connectivity index (χ3n) is 3.91. The lowest BCUT2D eigenvalue weighted by atomic mass is 9.91. The van der Waals surface area contributed by atoms with E-state index in [0.717, 1.165) is 12.8 Å². The lowest BCUT2D eigenvalue weighted by molar-refractivity contribution is 0.452. The Morgan fingerprint density at radius 2 is 1.74 bits per heavy atom. The van der Waals surface area contributed by atoms with E-state index in [1.54, 1.807) is 6.07 Å². The molecule has 2 aromatic carbocycles. The lowest BCUT2D eigenvalue weighted by Gasteiger charge is -2.20. The third kappa shape index (κ3) is 2.38. The number of nitrogens with two attached hydrogens (primary N) is 1. The molecule has 1 unspecified atom stereocenters. The van der Waals surface area contributed by atoms with E-state index in [-0.39, 0.29) is 17.8 Å². The van der Waals surface area contributed by atoms with Gasteiger partial charge in [-0.05, 0) is 53.6 Å². The van der Waals surface area contributed by atoms with Crippen molar-refractivity contribution in [1.82, 2.24) is 0 Å². The molecule has 19 heavy (non-hydrogen) atoms. The molecule has 98 valence electrons. The zero-order valence-electron chi connectivity index (χ0n) is 10.4. The van der Waals surface area contributed by atoms with E-state index in [4.69, 9.17) is 17.3 Å². The first kappa shape index (κ1) is 12.6. The van der Waals surface area contributed by atoms with Gasteiger partial charge in [0.1, 0.15) is 5.82 Å². The third-order valence-corrected chi connectivity index (χ3v) is 4.25. The maximum Gasteiger partial charge on any atom is 0.123 e. The van der Waals surface area contributed by atoms with E-state index in [1.807, 2.05) is 12.1 Å². The van der Waals surface area contributed by atoms with Crippen molar-refractivity contribution in [3.8, 4) is 0 Å². The second-order valence-electron chi connectivity index (χ2n) is 5.13. The molecule has 0 radical (unpaired) electrons. The van der Waals surface area contributed by atoms with E-state index in [9.17, 15) is 4.39 Å². The highest BCUT2D eigenvalue weighted by molar-refractivity contribution is 6.31. The highest BCUT2D eigenvalue weighted by atomic mass is 35.5. The Bertz CT molecular complexity index is 586. The summed E-state index contributed by atoms with van der Waals surface area (Å²) in [6, 6.07) is 12.5. The molecule has 0 saturated carbocycles. The Morgan fingerprint density at radius 1 is 1.11 bits per heavy atom. The van der Waals surface area contributed by atoms with Crippen molar-refractivity contribution in [2.24, 2.45) is 11.7 Å². The van der Waals surface area contributed by atoms with Crippen LogP contribution in [0.2, 0.25) is 5.02 Å². The van der Waals surface area contributed by atoms with Crippen LogP contribution in [0.25, 0.3) is 0 Å². The highest BCUT2D eigenvalue weighted by Gasteiger charge is 2.28. The van der Waals surface area contributed by atoms with Crippen LogP contribution in [0.1, 0.15) is 22.7 Å². The van der Waals surface area contributed by atoms with Crippen molar-refractivity contribution in [2.75, 3.05) is 0 Å². The van der Waals surface area contributed by atoms with Crippen molar-refractivity contribution >= 4 is 11.6 Å². The first-order chi connectivity index (χ1) is 9.15. The first-order valence-electron chi connectivity index (χ1n) is 6.42. The largest absolute Gasteiger partial charge is 0.324 e. The van der Waals surface area contributed by atoms with Gasteiger partial charge < -0.3 is 5.73 Å². The minimum Gasteiger partial charge on any atom is -0.324 e. The summed E-state index contributed by atoms with van der Waals surface area (Å²) in [5, 5.41) is 0.546. The first-order valence-corrected chi connectivity index (χ1v) is 6.80. The number of benzene rings is 2. The van der Waals surface area contributed by atoms with Crippen molar-refractivity contribution in [3.63, 3.8) is 0 Å². The normalized spacial score (nSPS) is 16.4. The molecular weight excluding hydrogens is 261 g/mol. The van der Waals surface area contributed by atoms with Crippen LogP contribution in [-0.4, -0.2) is 0 Å². The summed E-state index contributed by atoms with van der Waals surface area (Å²) in [5.74, 6) is 0.00191. The molecule has 2 aromatic rings. The molecule has 1 atom stereocenters. The van der Waals surface area contributed by atoms with Crippen LogP contribution in [0.5, 0.6) is 0 Å². The van der Waals surface area contributed by atoms with Gasteiger partial charge in [-0.1, -0.05) is 35.9 Å². The Hall–Kier alpha value is -1.38. The number of rotatable bonds is 2. The summed E-state index contributed by atoms with van der Waals surface area (Å²) >= 11 is 6.13. The molecule has 0 bridgehead atoms. The Labute approximate surface area is 117 Å². The van der Waals surface area contributed by atoms with Gasteiger partial charge >= 0.3 is 0 Å². The molecule has 1 aliphatic rings. The molecule has 0 aromatic heterocycles. The lowest BCUT2D eigenvalue weighted by Crippen LogP contribution is -2.22. The molecule has 3 rings (SSSR count). The summed E-state index contributed by atoms with van der Waals surface area (Å²) in [5.41, 5.74) is 9.69. The average Bonchev–Trinajstić information content (AvgIpc) is 2.84. The predicted octanol–water partition coefficient (Wildman–Crippen LogP) is 3.89. The predicted molar refractivity (Wildman–Crippen MR) is 75.7 cm³/mol. The fourth-order valence-electron chi connectivity index (χ4n) is 2.87. The maximum atomic E-state index is 13.3. The SMILES string of the molecule is NC(c1cc(F)ccc1Cl)C1Cc2ccccc2C1. The van der Waals surface area contributed by atoms with E-state index in [0.29, 0.717) is 10.6 Å². The number of hydrogen-bond acceptors (Lipinski definition) is 1. The molecule has 0 spiro atoms. The summed E-state index contributed by atoms with van der Waals surface area (Å²) in [6.45, 7) is 0. The van der Waals surface area contributed by atoms with E-state index in [2.05, 4.69) is 12.1 Å². The van der Waals surface area contributed by atoms with Crippen LogP contribution in [0.3, 0.4) is 0 Å². The molecule has 0 amide bonds. The van der Waals surface area contributed by atoms with Crippen LogP contribution >= 0.6 is 11.6 Å². The molecule has 1 aliphatic carbocycles. The second-order valence-corrected chi connectivity index (χ2v) is 5.54. The van der Waals surface area contributed by atoms with E-state index < -0.39 is 0 Å². The van der Waals surface area contributed by atoms with Gasteiger partial charge in [-0.25, -0.2) is 4.39 Å². The molecule has 0 heterocycles. The van der Waals surface area contributed by atoms with Crippen LogP contribution in [0, 0.1) is 11.7 Å². The van der Waals surface area contributed by atoms with Gasteiger partial charge in [0.2, 0.25) is 0 Å². The van der Waals surface area contributed by atoms with Gasteiger partial charge in [0.25, 0.3) is 0 Å². The average molecular weight is 276 g/mol. The number of halogens is 2. The van der Waals surface area contributed by atoms with Crippen molar-refractivity contribution in [1.29, 1.82) is 0 Å². The van der Waals surface area contributed by atoms with Gasteiger partial charge in [-0.2, -0.15) is 0 Å². The number of hydrogen-bond donors (Lipinski definition) is 1. The molecule has 0 aliphatic heterocycles. The zero-order valence-corrected chi connectivity index (χ0v) is 11.2. The van der Waals surface area contributed by atoms with E-state index in [1.165, 1.54) is 23.3 Å². The summed E-state index contributed by atoms with van der Waals surface area (Å²) in [6.07, 6.45) is 1.87. The molecule has 2 N–H and O–H groups in total. The van der Waals surface area contributed by atoms with Crippen molar-refractivity contribution < 1.29 is 4.39 Å². The summed E-state index contributed by atoms with van der Waals surface area (Å²) in [7, 11) is 0. The van der Waals surface area contributed by atoms with Crippen LogP contribution in [-0.2, 0) is 12.8 Å².